The highest BCUT2D eigenvalue weighted by molar-refractivity contribution is 14.1. The Morgan fingerprint density at radius 3 is 1.43 bits per heavy atom. The lowest BCUT2D eigenvalue weighted by atomic mass is 9.84. The molecule has 0 radical (unpaired) electrons. The van der Waals surface area contributed by atoms with Crippen molar-refractivity contribution < 1.29 is 48.3 Å². The quantitative estimate of drug-likeness (QED) is 0.0836. The summed E-state index contributed by atoms with van der Waals surface area (Å²) in [4.78, 5) is 0. The molecule has 0 aliphatic rings. The van der Waals surface area contributed by atoms with Crippen LogP contribution in [-0.4, -0.2) is 33.8 Å². The van der Waals surface area contributed by atoms with Crippen molar-refractivity contribution in [1.29, 1.82) is 0 Å². The van der Waals surface area contributed by atoms with Crippen LogP contribution in [0.1, 0.15) is 71.6 Å². The van der Waals surface area contributed by atoms with Gasteiger partial charge in [0, 0.05) is 9.84 Å². The molecule has 0 aromatic carbocycles. The summed E-state index contributed by atoms with van der Waals surface area (Å²) in [6, 6.07) is 0. The van der Waals surface area contributed by atoms with Gasteiger partial charge >= 0.3 is 29.9 Å². The third-order valence-electron chi connectivity index (χ3n) is 4.99. The standard InChI is InChI=1S/C18H26F11I/c1-3-5-6-7-8-9-10-11-13(30)12(4-2)14(19,20)15(21,22)16(23,24)17(25,26)18(27,28)29/h12-13H,3-11H2,1-2H3. The first-order valence-electron chi connectivity index (χ1n) is 9.65. The van der Waals surface area contributed by atoms with E-state index in [4.69, 9.17) is 0 Å². The van der Waals surface area contributed by atoms with Gasteiger partial charge in [0.25, 0.3) is 0 Å². The molecule has 0 saturated heterocycles. The molecule has 0 aliphatic heterocycles. The van der Waals surface area contributed by atoms with Crippen LogP contribution < -0.4 is 0 Å². The van der Waals surface area contributed by atoms with E-state index >= 15 is 0 Å². The van der Waals surface area contributed by atoms with Crippen LogP contribution in [0.15, 0.2) is 0 Å². The second-order valence-corrected chi connectivity index (χ2v) is 8.88. The first-order chi connectivity index (χ1) is 13.4. The van der Waals surface area contributed by atoms with Gasteiger partial charge in [0.2, 0.25) is 0 Å². The maximum Gasteiger partial charge on any atom is 0.460 e. The Kier molecular flexibility index (Phi) is 11.2. The third-order valence-corrected chi connectivity index (χ3v) is 6.48. The highest BCUT2D eigenvalue weighted by atomic mass is 127. The van der Waals surface area contributed by atoms with Crippen molar-refractivity contribution in [3.05, 3.63) is 0 Å². The summed E-state index contributed by atoms with van der Waals surface area (Å²) in [6.45, 7) is 2.97. The topological polar surface area (TPSA) is 0 Å². The Bertz CT molecular complexity index is 503. The summed E-state index contributed by atoms with van der Waals surface area (Å²) in [5, 5.41) is 0. The molecule has 0 fully saturated rings. The molecule has 12 heteroatoms. The minimum Gasteiger partial charge on any atom is -0.199 e. The average molecular weight is 578 g/mol. The van der Waals surface area contributed by atoms with E-state index in [1.54, 1.807) is 0 Å². The predicted octanol–water partition coefficient (Wildman–Crippen LogP) is 9.06. The van der Waals surface area contributed by atoms with Crippen LogP contribution in [-0.2, 0) is 0 Å². The van der Waals surface area contributed by atoms with Crippen LogP contribution in [0, 0.1) is 5.92 Å². The fraction of sp³-hybridized carbons (Fsp3) is 1.00. The minimum absolute atomic E-state index is 0.0836. The number of halogens is 12. The van der Waals surface area contributed by atoms with Gasteiger partial charge in [-0.1, -0.05) is 81.4 Å². The SMILES string of the molecule is CCCCCCCCCC(I)C(CC)C(F)(F)C(F)(F)C(F)(F)C(F)(F)C(F)(F)F. The van der Waals surface area contributed by atoms with Gasteiger partial charge < -0.3 is 0 Å². The molecule has 182 valence electrons. The second kappa shape index (κ2) is 11.2. The summed E-state index contributed by atoms with van der Waals surface area (Å²) < 4.78 is 145. The van der Waals surface area contributed by atoms with Gasteiger partial charge in [-0.2, -0.15) is 48.3 Å². The van der Waals surface area contributed by atoms with Crippen LogP contribution in [0.4, 0.5) is 48.3 Å². The molecule has 0 N–H and O–H groups in total. The summed E-state index contributed by atoms with van der Waals surface area (Å²) in [5.41, 5.74) is 0. The third kappa shape index (κ3) is 6.26. The smallest absolute Gasteiger partial charge is 0.199 e. The van der Waals surface area contributed by atoms with E-state index in [9.17, 15) is 48.3 Å². The van der Waals surface area contributed by atoms with Crippen LogP contribution >= 0.6 is 22.6 Å². The molecule has 0 bridgehead atoms. The fourth-order valence-corrected chi connectivity index (χ4v) is 4.45. The van der Waals surface area contributed by atoms with Crippen LogP contribution in [0.5, 0.6) is 0 Å². The number of rotatable bonds is 14. The van der Waals surface area contributed by atoms with Crippen molar-refractivity contribution in [2.75, 3.05) is 0 Å². The van der Waals surface area contributed by atoms with Crippen molar-refractivity contribution in [2.24, 2.45) is 5.92 Å². The number of alkyl halides is 12. The Morgan fingerprint density at radius 2 is 1.03 bits per heavy atom. The highest BCUT2D eigenvalue weighted by Gasteiger charge is 2.87. The molecule has 0 spiro atoms. The molecule has 0 nitrogen and oxygen atoms in total. The van der Waals surface area contributed by atoms with Gasteiger partial charge in [-0.3, -0.25) is 0 Å². The molecule has 2 atom stereocenters. The lowest BCUT2D eigenvalue weighted by molar-refractivity contribution is -0.426. The largest absolute Gasteiger partial charge is 0.460 e. The van der Waals surface area contributed by atoms with E-state index in [0.717, 1.165) is 39.0 Å². The maximum absolute atomic E-state index is 14.3. The van der Waals surface area contributed by atoms with E-state index in [0.29, 0.717) is 12.8 Å². The van der Waals surface area contributed by atoms with E-state index in [1.807, 2.05) is 6.92 Å². The minimum atomic E-state index is -7.33. The fourth-order valence-electron chi connectivity index (χ4n) is 3.05. The average Bonchev–Trinajstić information content (AvgIpc) is 2.59. The lowest BCUT2D eigenvalue weighted by Crippen LogP contribution is -2.68. The Hall–Kier alpha value is -0.0400. The zero-order valence-electron chi connectivity index (χ0n) is 16.6. The van der Waals surface area contributed by atoms with Crippen LogP contribution in [0.2, 0.25) is 0 Å². The highest BCUT2D eigenvalue weighted by Crippen LogP contribution is 2.59. The van der Waals surface area contributed by atoms with Gasteiger partial charge in [0.1, 0.15) is 0 Å². The normalized spacial score (nSPS) is 16.6. The first kappa shape index (κ1) is 30.0. The summed E-state index contributed by atoms with van der Waals surface area (Å²) in [7, 11) is 0. The van der Waals surface area contributed by atoms with Crippen LogP contribution in [0.3, 0.4) is 0 Å². The molecule has 0 rings (SSSR count). The molecule has 0 aromatic heterocycles. The molecular weight excluding hydrogens is 552 g/mol. The molecule has 0 aliphatic carbocycles. The molecule has 0 aromatic rings. The van der Waals surface area contributed by atoms with E-state index in [2.05, 4.69) is 0 Å². The molecule has 0 saturated carbocycles. The summed E-state index contributed by atoms with van der Waals surface area (Å²) >= 11 is 1.34. The predicted molar refractivity (Wildman–Crippen MR) is 100 cm³/mol. The Labute approximate surface area is 182 Å². The van der Waals surface area contributed by atoms with Gasteiger partial charge in [0.15, 0.2) is 0 Å². The number of hydrogen-bond acceptors (Lipinski definition) is 0. The van der Waals surface area contributed by atoms with Crippen molar-refractivity contribution >= 4 is 22.6 Å². The summed E-state index contributed by atoms with van der Waals surface area (Å²) in [6.07, 6.45) is -2.50. The number of hydrogen-bond donors (Lipinski definition) is 0. The van der Waals surface area contributed by atoms with Crippen molar-refractivity contribution in [1.82, 2.24) is 0 Å². The summed E-state index contributed by atoms with van der Waals surface area (Å²) in [5.74, 6) is -29.9. The van der Waals surface area contributed by atoms with E-state index < -0.39 is 46.1 Å². The monoisotopic (exact) mass is 578 g/mol. The molecule has 30 heavy (non-hydrogen) atoms. The second-order valence-electron chi connectivity index (χ2n) is 7.28. The van der Waals surface area contributed by atoms with Gasteiger partial charge in [-0.15, -0.1) is 0 Å². The Morgan fingerprint density at radius 1 is 0.600 bits per heavy atom. The molecule has 0 amide bonds. The van der Waals surface area contributed by atoms with Gasteiger partial charge in [-0.05, 0) is 12.8 Å². The molecule has 0 heterocycles. The molecular formula is C18H26F11I. The lowest BCUT2D eigenvalue weighted by Gasteiger charge is -2.41. The Balaban J connectivity index is 5.37. The van der Waals surface area contributed by atoms with Crippen LogP contribution in [0.25, 0.3) is 0 Å². The number of unbranched alkanes of at least 4 members (excludes halogenated alkanes) is 6. The van der Waals surface area contributed by atoms with Crippen molar-refractivity contribution in [2.45, 2.75) is 105 Å². The van der Waals surface area contributed by atoms with E-state index in [1.165, 1.54) is 22.6 Å². The zero-order valence-corrected chi connectivity index (χ0v) is 18.7. The van der Waals surface area contributed by atoms with Crippen molar-refractivity contribution in [3.8, 4) is 0 Å². The van der Waals surface area contributed by atoms with Gasteiger partial charge in [0.05, 0.1) is 0 Å². The first-order valence-corrected chi connectivity index (χ1v) is 10.9. The maximum atomic E-state index is 14.3. The molecule has 2 unspecified atom stereocenters. The van der Waals surface area contributed by atoms with Gasteiger partial charge in [-0.25, -0.2) is 0 Å². The van der Waals surface area contributed by atoms with Crippen molar-refractivity contribution in [3.63, 3.8) is 0 Å². The zero-order chi connectivity index (χ0) is 24.0. The van der Waals surface area contributed by atoms with E-state index in [-0.39, 0.29) is 6.42 Å².